The molecule has 0 heterocycles. The lowest BCUT2D eigenvalue weighted by molar-refractivity contribution is -0.274. The van der Waals surface area contributed by atoms with Crippen molar-refractivity contribution in [2.24, 2.45) is 5.73 Å². The molecule has 0 bridgehead atoms. The lowest BCUT2D eigenvalue weighted by Gasteiger charge is -2.11. The highest BCUT2D eigenvalue weighted by molar-refractivity contribution is 5.61. The van der Waals surface area contributed by atoms with E-state index in [0.717, 1.165) is 0 Å². The van der Waals surface area contributed by atoms with E-state index in [9.17, 15) is 13.2 Å². The number of benzene rings is 1. The first-order chi connectivity index (χ1) is 7.42. The van der Waals surface area contributed by atoms with Gasteiger partial charge in [-0.05, 0) is 17.7 Å². The summed E-state index contributed by atoms with van der Waals surface area (Å²) in [6, 6.07) is 4.12. The van der Waals surface area contributed by atoms with Crippen LogP contribution in [-0.2, 0) is 0 Å². The maximum absolute atomic E-state index is 12.0. The molecule has 0 aromatic heterocycles. The summed E-state index contributed by atoms with van der Waals surface area (Å²) in [6.07, 6.45) is -1.55. The number of hydrogen-bond donors (Lipinski definition) is 2. The Balaban J connectivity index is 2.95. The topological polar surface area (TPSA) is 61.3 Å². The second-order valence-corrected chi connectivity index (χ2v) is 2.98. The van der Waals surface area contributed by atoms with Gasteiger partial charge in [0.25, 0.3) is 0 Å². The van der Waals surface area contributed by atoms with E-state index in [2.05, 4.69) is 4.74 Å². The number of ether oxygens (including phenoxy) is 1. The molecule has 4 N–H and O–H groups in total. The smallest absolute Gasteiger partial charge is 0.404 e. The lowest BCUT2D eigenvalue weighted by Crippen LogP contribution is -2.18. The SMILES string of the molecule is NCC=Cc1ccc(N)c(OC(F)(F)F)c1. The molecule has 1 aromatic carbocycles. The fraction of sp³-hybridized carbons (Fsp3) is 0.200. The summed E-state index contributed by atoms with van der Waals surface area (Å²) in [5.74, 6) is -0.410. The molecule has 6 heteroatoms. The Morgan fingerprint density at radius 1 is 1.31 bits per heavy atom. The van der Waals surface area contributed by atoms with Gasteiger partial charge >= 0.3 is 6.36 Å². The van der Waals surface area contributed by atoms with E-state index in [1.807, 2.05) is 0 Å². The van der Waals surface area contributed by atoms with Gasteiger partial charge in [-0.1, -0.05) is 18.2 Å². The van der Waals surface area contributed by atoms with Crippen LogP contribution in [0.2, 0.25) is 0 Å². The first-order valence-corrected chi connectivity index (χ1v) is 4.44. The zero-order valence-electron chi connectivity index (χ0n) is 8.29. The van der Waals surface area contributed by atoms with Gasteiger partial charge in [-0.3, -0.25) is 0 Å². The number of nitrogen functional groups attached to an aromatic ring is 1. The van der Waals surface area contributed by atoms with E-state index in [1.54, 1.807) is 18.2 Å². The number of nitrogens with two attached hydrogens (primary N) is 2. The van der Waals surface area contributed by atoms with Crippen LogP contribution < -0.4 is 16.2 Å². The summed E-state index contributed by atoms with van der Waals surface area (Å²) in [5.41, 5.74) is 11.0. The molecule has 0 radical (unpaired) electrons. The Kier molecular flexibility index (Phi) is 3.78. The molecule has 0 aliphatic carbocycles. The van der Waals surface area contributed by atoms with Crippen molar-refractivity contribution in [1.82, 2.24) is 0 Å². The van der Waals surface area contributed by atoms with Crippen LogP contribution in [-0.4, -0.2) is 12.9 Å². The molecule has 0 unspecified atom stereocenters. The summed E-state index contributed by atoms with van der Waals surface area (Å²) in [5, 5.41) is 0. The van der Waals surface area contributed by atoms with Crippen LogP contribution in [0.5, 0.6) is 5.75 Å². The molecule has 16 heavy (non-hydrogen) atoms. The van der Waals surface area contributed by atoms with Gasteiger partial charge in [0.2, 0.25) is 0 Å². The zero-order chi connectivity index (χ0) is 12.2. The van der Waals surface area contributed by atoms with Gasteiger partial charge in [-0.2, -0.15) is 0 Å². The van der Waals surface area contributed by atoms with Crippen LogP contribution in [0.25, 0.3) is 6.08 Å². The number of hydrogen-bond acceptors (Lipinski definition) is 3. The van der Waals surface area contributed by atoms with E-state index in [1.165, 1.54) is 12.1 Å². The first kappa shape index (κ1) is 12.4. The maximum atomic E-state index is 12.0. The summed E-state index contributed by atoms with van der Waals surface area (Å²) in [4.78, 5) is 0. The number of alkyl halides is 3. The minimum atomic E-state index is -4.75. The molecule has 0 saturated heterocycles. The van der Waals surface area contributed by atoms with E-state index in [0.29, 0.717) is 12.1 Å². The van der Waals surface area contributed by atoms with Gasteiger partial charge in [0.05, 0.1) is 5.69 Å². The molecule has 0 fully saturated rings. The van der Waals surface area contributed by atoms with Crippen molar-refractivity contribution in [3.8, 4) is 5.75 Å². The Hall–Kier alpha value is -1.69. The van der Waals surface area contributed by atoms with Crippen LogP contribution in [0.4, 0.5) is 18.9 Å². The lowest BCUT2D eigenvalue weighted by atomic mass is 10.2. The van der Waals surface area contributed by atoms with Gasteiger partial charge in [-0.15, -0.1) is 13.2 Å². The Labute approximate surface area is 90.5 Å². The second-order valence-electron chi connectivity index (χ2n) is 2.98. The molecule has 0 amide bonds. The van der Waals surface area contributed by atoms with Crippen molar-refractivity contribution in [3.05, 3.63) is 29.8 Å². The third kappa shape index (κ3) is 3.82. The fourth-order valence-corrected chi connectivity index (χ4v) is 1.07. The van der Waals surface area contributed by atoms with E-state index in [-0.39, 0.29) is 5.69 Å². The highest BCUT2D eigenvalue weighted by Crippen LogP contribution is 2.29. The van der Waals surface area contributed by atoms with Crippen molar-refractivity contribution in [2.75, 3.05) is 12.3 Å². The van der Waals surface area contributed by atoms with Gasteiger partial charge in [-0.25, -0.2) is 0 Å². The normalized spacial score (nSPS) is 12.0. The van der Waals surface area contributed by atoms with Crippen LogP contribution >= 0.6 is 0 Å². The molecular weight excluding hydrogens is 221 g/mol. The van der Waals surface area contributed by atoms with Crippen molar-refractivity contribution >= 4 is 11.8 Å². The molecule has 0 saturated carbocycles. The van der Waals surface area contributed by atoms with E-state index in [4.69, 9.17) is 11.5 Å². The largest absolute Gasteiger partial charge is 0.573 e. The molecule has 1 aromatic rings. The Morgan fingerprint density at radius 2 is 2.00 bits per heavy atom. The molecule has 3 nitrogen and oxygen atoms in total. The van der Waals surface area contributed by atoms with Crippen LogP contribution in [0.3, 0.4) is 0 Å². The molecule has 0 aliphatic rings. The van der Waals surface area contributed by atoms with Crippen LogP contribution in [0.15, 0.2) is 24.3 Å². The van der Waals surface area contributed by atoms with Gasteiger partial charge in [0, 0.05) is 6.54 Å². The van der Waals surface area contributed by atoms with Crippen molar-refractivity contribution in [1.29, 1.82) is 0 Å². The van der Waals surface area contributed by atoms with Crippen LogP contribution in [0.1, 0.15) is 5.56 Å². The average Bonchev–Trinajstić information content (AvgIpc) is 2.17. The highest BCUT2D eigenvalue weighted by Gasteiger charge is 2.31. The highest BCUT2D eigenvalue weighted by atomic mass is 19.4. The molecule has 0 aliphatic heterocycles. The van der Waals surface area contributed by atoms with Crippen LogP contribution in [0, 0.1) is 0 Å². The first-order valence-electron chi connectivity index (χ1n) is 4.44. The predicted molar refractivity (Wildman–Crippen MR) is 55.6 cm³/mol. The zero-order valence-corrected chi connectivity index (χ0v) is 8.29. The molecule has 1 rings (SSSR count). The second kappa shape index (κ2) is 4.89. The third-order valence-electron chi connectivity index (χ3n) is 1.71. The van der Waals surface area contributed by atoms with E-state index >= 15 is 0 Å². The molecule has 88 valence electrons. The number of halogens is 3. The quantitative estimate of drug-likeness (QED) is 0.785. The number of rotatable bonds is 3. The Morgan fingerprint density at radius 3 is 2.56 bits per heavy atom. The summed E-state index contributed by atoms with van der Waals surface area (Å²) in [6.45, 7) is 0.305. The minimum absolute atomic E-state index is 0.0674. The van der Waals surface area contributed by atoms with E-state index < -0.39 is 12.1 Å². The Bertz CT molecular complexity index is 388. The van der Waals surface area contributed by atoms with Crippen molar-refractivity contribution < 1.29 is 17.9 Å². The van der Waals surface area contributed by atoms with Crippen molar-refractivity contribution in [3.63, 3.8) is 0 Å². The maximum Gasteiger partial charge on any atom is 0.573 e. The van der Waals surface area contributed by atoms with Gasteiger partial charge in [0.1, 0.15) is 0 Å². The average molecular weight is 232 g/mol. The summed E-state index contributed by atoms with van der Waals surface area (Å²) >= 11 is 0. The molecule has 0 spiro atoms. The summed E-state index contributed by atoms with van der Waals surface area (Å²) < 4.78 is 39.7. The monoisotopic (exact) mass is 232 g/mol. The number of anilines is 1. The molecular formula is C10H11F3N2O. The predicted octanol–water partition coefficient (Wildman–Crippen LogP) is 2.14. The molecule has 0 atom stereocenters. The van der Waals surface area contributed by atoms with Crippen molar-refractivity contribution in [2.45, 2.75) is 6.36 Å². The third-order valence-corrected chi connectivity index (χ3v) is 1.71. The summed E-state index contributed by atoms with van der Waals surface area (Å²) in [7, 11) is 0. The van der Waals surface area contributed by atoms with Gasteiger partial charge < -0.3 is 16.2 Å². The fourth-order valence-electron chi connectivity index (χ4n) is 1.07. The minimum Gasteiger partial charge on any atom is -0.404 e. The standard InChI is InChI=1S/C10H11F3N2O/c11-10(12,13)16-9-6-7(2-1-5-14)3-4-8(9)15/h1-4,6H,5,14-15H2. The van der Waals surface area contributed by atoms with Gasteiger partial charge in [0.15, 0.2) is 5.75 Å².